The maximum Gasteiger partial charge on any atom is 0.223 e. The molecule has 0 aliphatic carbocycles. The van der Waals surface area contributed by atoms with Crippen LogP contribution in [0.1, 0.15) is 18.4 Å². The summed E-state index contributed by atoms with van der Waals surface area (Å²) in [5, 5.41) is 0. The Morgan fingerprint density at radius 3 is 2.55 bits per heavy atom. The first-order valence-electron chi connectivity index (χ1n) is 6.61. The molecular weight excluding hydrogens is 276 g/mol. The minimum Gasteiger partial charge on any atom is -0.346 e. The van der Waals surface area contributed by atoms with E-state index < -0.39 is 9.84 Å². The number of amides is 1. The predicted octanol–water partition coefficient (Wildman–Crippen LogP) is 0.966. The Morgan fingerprint density at radius 1 is 1.30 bits per heavy atom. The molecule has 1 aromatic rings. The molecule has 0 saturated heterocycles. The average molecular weight is 298 g/mol. The highest BCUT2D eigenvalue weighted by atomic mass is 32.2. The number of carbonyl (C=O) groups is 1. The number of hydrogen-bond acceptors (Lipinski definition) is 4. The molecule has 0 radical (unpaired) electrons. The van der Waals surface area contributed by atoms with Crippen molar-refractivity contribution in [1.82, 2.24) is 4.90 Å². The van der Waals surface area contributed by atoms with Crippen molar-refractivity contribution in [3.05, 3.63) is 29.8 Å². The topological polar surface area (TPSA) is 80.5 Å². The molecule has 0 aliphatic rings. The molecule has 20 heavy (non-hydrogen) atoms. The van der Waals surface area contributed by atoms with E-state index in [0.29, 0.717) is 30.0 Å². The molecule has 6 heteroatoms. The molecule has 0 bridgehead atoms. The van der Waals surface area contributed by atoms with Gasteiger partial charge < -0.3 is 10.6 Å². The van der Waals surface area contributed by atoms with Gasteiger partial charge in [0.25, 0.3) is 0 Å². The van der Waals surface area contributed by atoms with Crippen molar-refractivity contribution >= 4 is 15.7 Å². The van der Waals surface area contributed by atoms with Crippen LogP contribution >= 0.6 is 0 Å². The molecule has 5 nitrogen and oxygen atoms in total. The van der Waals surface area contributed by atoms with Gasteiger partial charge in [-0.2, -0.15) is 0 Å². The van der Waals surface area contributed by atoms with E-state index in [9.17, 15) is 13.2 Å². The van der Waals surface area contributed by atoms with Crippen LogP contribution in [0.15, 0.2) is 29.2 Å². The van der Waals surface area contributed by atoms with Crippen LogP contribution < -0.4 is 5.73 Å². The van der Waals surface area contributed by atoms with Gasteiger partial charge in [0.2, 0.25) is 5.91 Å². The van der Waals surface area contributed by atoms with Gasteiger partial charge in [-0.1, -0.05) is 18.2 Å². The van der Waals surface area contributed by atoms with E-state index >= 15 is 0 Å². The number of nitrogens with zero attached hydrogens (tertiary/aromatic N) is 1. The van der Waals surface area contributed by atoms with Gasteiger partial charge in [-0.3, -0.25) is 4.79 Å². The van der Waals surface area contributed by atoms with Crippen LogP contribution in [0.4, 0.5) is 0 Å². The minimum absolute atomic E-state index is 0.00224. The molecule has 0 saturated carbocycles. The third-order valence-electron chi connectivity index (χ3n) is 3.14. The van der Waals surface area contributed by atoms with Crippen LogP contribution in [0.25, 0.3) is 0 Å². The van der Waals surface area contributed by atoms with Gasteiger partial charge in [-0.15, -0.1) is 0 Å². The molecule has 112 valence electrons. The first kappa shape index (κ1) is 16.7. The Bertz CT molecular complexity index is 555. The first-order chi connectivity index (χ1) is 9.38. The molecule has 0 atom stereocenters. The fourth-order valence-corrected chi connectivity index (χ4v) is 3.39. The van der Waals surface area contributed by atoms with Crippen molar-refractivity contribution in [2.45, 2.75) is 24.7 Å². The lowest BCUT2D eigenvalue weighted by molar-refractivity contribution is -0.129. The summed E-state index contributed by atoms with van der Waals surface area (Å²) in [6.45, 7) is 2.82. The third-order valence-corrected chi connectivity index (χ3v) is 5.01. The summed E-state index contributed by atoms with van der Waals surface area (Å²) in [7, 11) is -1.75. The summed E-state index contributed by atoms with van der Waals surface area (Å²) >= 11 is 0. The number of benzene rings is 1. The minimum atomic E-state index is -3.41. The summed E-state index contributed by atoms with van der Waals surface area (Å²) in [6.07, 6.45) is 0.713. The van der Waals surface area contributed by atoms with Crippen LogP contribution in [0.3, 0.4) is 0 Å². The lowest BCUT2D eigenvalue weighted by atomic mass is 10.2. The maximum atomic E-state index is 12.2. The SMILES string of the molecule is Cc1ccccc1S(=O)(=O)CCC(=O)N(C)CCCN. The summed E-state index contributed by atoms with van der Waals surface area (Å²) in [5.74, 6) is -0.334. The molecule has 0 aliphatic heterocycles. The van der Waals surface area contributed by atoms with E-state index in [-0.39, 0.29) is 18.1 Å². The van der Waals surface area contributed by atoms with Crippen molar-refractivity contribution in [1.29, 1.82) is 0 Å². The number of aryl methyl sites for hydroxylation is 1. The molecule has 0 heterocycles. The number of hydrogen-bond donors (Lipinski definition) is 1. The Labute approximate surface area is 120 Å². The molecule has 1 rings (SSSR count). The second kappa shape index (κ2) is 7.40. The second-order valence-electron chi connectivity index (χ2n) is 4.79. The van der Waals surface area contributed by atoms with Crippen molar-refractivity contribution in [2.75, 3.05) is 25.9 Å². The largest absolute Gasteiger partial charge is 0.346 e. The quantitative estimate of drug-likeness (QED) is 0.813. The fourth-order valence-electron chi connectivity index (χ4n) is 1.88. The zero-order chi connectivity index (χ0) is 15.2. The molecule has 2 N–H and O–H groups in total. The number of carbonyl (C=O) groups excluding carboxylic acids is 1. The summed E-state index contributed by atoms with van der Waals surface area (Å²) < 4.78 is 24.4. The van der Waals surface area contributed by atoms with Crippen LogP contribution in [0.2, 0.25) is 0 Å². The molecular formula is C14H22N2O3S. The van der Waals surface area contributed by atoms with Gasteiger partial charge in [0.1, 0.15) is 0 Å². The second-order valence-corrected chi connectivity index (χ2v) is 6.87. The average Bonchev–Trinajstić information content (AvgIpc) is 2.42. The monoisotopic (exact) mass is 298 g/mol. The van der Waals surface area contributed by atoms with Gasteiger partial charge in [0, 0.05) is 20.0 Å². The standard InChI is InChI=1S/C14H22N2O3S/c1-12-6-3-4-7-13(12)20(18,19)11-8-14(17)16(2)10-5-9-15/h3-4,6-7H,5,8-11,15H2,1-2H3. The summed E-state index contributed by atoms with van der Waals surface area (Å²) in [5.41, 5.74) is 6.08. The van der Waals surface area contributed by atoms with Gasteiger partial charge in [0.05, 0.1) is 10.6 Å². The Morgan fingerprint density at radius 2 is 1.95 bits per heavy atom. The van der Waals surface area contributed by atoms with Gasteiger partial charge in [-0.05, 0) is 31.5 Å². The summed E-state index contributed by atoms with van der Waals surface area (Å²) in [4.78, 5) is 13.7. The lowest BCUT2D eigenvalue weighted by Crippen LogP contribution is -2.30. The van der Waals surface area contributed by atoms with Gasteiger partial charge in [-0.25, -0.2) is 8.42 Å². The van der Waals surface area contributed by atoms with Gasteiger partial charge in [0.15, 0.2) is 9.84 Å². The van der Waals surface area contributed by atoms with Crippen LogP contribution in [0, 0.1) is 6.92 Å². The maximum absolute atomic E-state index is 12.2. The van der Waals surface area contributed by atoms with Crippen molar-refractivity contribution in [3.8, 4) is 0 Å². The third kappa shape index (κ3) is 4.61. The molecule has 1 amide bonds. The van der Waals surface area contributed by atoms with E-state index in [1.165, 1.54) is 4.90 Å². The molecule has 0 unspecified atom stereocenters. The number of rotatable bonds is 7. The Kier molecular flexibility index (Phi) is 6.16. The van der Waals surface area contributed by atoms with E-state index in [0.717, 1.165) is 0 Å². The lowest BCUT2D eigenvalue weighted by Gasteiger charge is -2.16. The molecule has 0 spiro atoms. The highest BCUT2D eigenvalue weighted by molar-refractivity contribution is 7.91. The molecule has 0 aromatic heterocycles. The number of nitrogens with two attached hydrogens (primary N) is 1. The highest BCUT2D eigenvalue weighted by Gasteiger charge is 2.19. The molecule has 1 aromatic carbocycles. The van der Waals surface area contributed by atoms with Crippen LogP contribution in [-0.2, 0) is 14.6 Å². The van der Waals surface area contributed by atoms with Crippen molar-refractivity contribution in [3.63, 3.8) is 0 Å². The highest BCUT2D eigenvalue weighted by Crippen LogP contribution is 2.16. The zero-order valence-corrected chi connectivity index (χ0v) is 12.8. The first-order valence-corrected chi connectivity index (χ1v) is 8.26. The number of sulfone groups is 1. The predicted molar refractivity (Wildman–Crippen MR) is 79.2 cm³/mol. The normalized spacial score (nSPS) is 11.3. The van der Waals surface area contributed by atoms with Crippen molar-refractivity contribution < 1.29 is 13.2 Å². The molecule has 0 fully saturated rings. The van der Waals surface area contributed by atoms with E-state index in [4.69, 9.17) is 5.73 Å². The van der Waals surface area contributed by atoms with Crippen LogP contribution in [-0.4, -0.2) is 45.1 Å². The Balaban J connectivity index is 2.65. The zero-order valence-electron chi connectivity index (χ0n) is 12.0. The van der Waals surface area contributed by atoms with Crippen LogP contribution in [0.5, 0.6) is 0 Å². The fraction of sp³-hybridized carbons (Fsp3) is 0.500. The summed E-state index contributed by atoms with van der Waals surface area (Å²) in [6, 6.07) is 6.81. The van der Waals surface area contributed by atoms with E-state index in [1.807, 2.05) is 0 Å². The van der Waals surface area contributed by atoms with Crippen molar-refractivity contribution in [2.24, 2.45) is 5.73 Å². The van der Waals surface area contributed by atoms with Gasteiger partial charge >= 0.3 is 0 Å². The Hall–Kier alpha value is -1.40. The van der Waals surface area contributed by atoms with E-state index in [1.54, 1.807) is 38.2 Å². The smallest absolute Gasteiger partial charge is 0.223 e. The van der Waals surface area contributed by atoms with E-state index in [2.05, 4.69) is 0 Å².